The Morgan fingerprint density at radius 2 is 1.89 bits per heavy atom. The SMILES string of the molecule is CC1(C)C(CNC(=O)c2cccc(Br)c2F)C1(C)C. The maximum absolute atomic E-state index is 13.8. The van der Waals surface area contributed by atoms with Gasteiger partial charge in [0.25, 0.3) is 5.91 Å². The van der Waals surface area contributed by atoms with Crippen molar-refractivity contribution in [2.24, 2.45) is 16.7 Å². The number of hydrogen-bond acceptors (Lipinski definition) is 1. The molecule has 1 aromatic carbocycles. The van der Waals surface area contributed by atoms with Gasteiger partial charge in [-0.15, -0.1) is 0 Å². The van der Waals surface area contributed by atoms with E-state index in [-0.39, 0.29) is 22.3 Å². The summed E-state index contributed by atoms with van der Waals surface area (Å²) in [6.07, 6.45) is 0. The molecule has 1 N–H and O–H groups in total. The van der Waals surface area contributed by atoms with Crippen LogP contribution in [0.3, 0.4) is 0 Å². The maximum atomic E-state index is 13.8. The molecule has 1 aliphatic carbocycles. The van der Waals surface area contributed by atoms with Gasteiger partial charge in [0.15, 0.2) is 0 Å². The molecule has 4 heteroatoms. The average Bonchev–Trinajstić information content (AvgIpc) is 2.70. The van der Waals surface area contributed by atoms with Crippen molar-refractivity contribution in [3.8, 4) is 0 Å². The van der Waals surface area contributed by atoms with E-state index in [2.05, 4.69) is 48.9 Å². The van der Waals surface area contributed by atoms with E-state index in [0.29, 0.717) is 16.9 Å². The second-order valence-electron chi connectivity index (χ2n) is 6.31. The van der Waals surface area contributed by atoms with E-state index in [0.717, 1.165) is 0 Å². The van der Waals surface area contributed by atoms with Crippen LogP contribution in [0.5, 0.6) is 0 Å². The zero-order valence-electron chi connectivity index (χ0n) is 11.7. The molecule has 104 valence electrons. The van der Waals surface area contributed by atoms with Gasteiger partial charge in [-0.25, -0.2) is 4.39 Å². The molecule has 2 nitrogen and oxygen atoms in total. The lowest BCUT2D eigenvalue weighted by Crippen LogP contribution is -2.28. The van der Waals surface area contributed by atoms with Crippen LogP contribution in [0.15, 0.2) is 22.7 Å². The fourth-order valence-electron chi connectivity index (χ4n) is 2.81. The summed E-state index contributed by atoms with van der Waals surface area (Å²) in [5, 5.41) is 2.84. The van der Waals surface area contributed by atoms with E-state index in [1.165, 1.54) is 6.07 Å². The van der Waals surface area contributed by atoms with E-state index in [1.54, 1.807) is 12.1 Å². The third-order valence-corrected chi connectivity index (χ3v) is 5.60. The molecule has 0 bridgehead atoms. The molecule has 0 atom stereocenters. The number of rotatable bonds is 3. The third kappa shape index (κ3) is 2.31. The van der Waals surface area contributed by atoms with Crippen LogP contribution in [0, 0.1) is 22.6 Å². The van der Waals surface area contributed by atoms with Crippen LogP contribution in [-0.2, 0) is 0 Å². The first-order valence-electron chi connectivity index (χ1n) is 6.42. The van der Waals surface area contributed by atoms with Crippen LogP contribution in [0.2, 0.25) is 0 Å². The Kier molecular flexibility index (Phi) is 3.50. The number of nitrogens with one attached hydrogen (secondary N) is 1. The predicted octanol–water partition coefficient (Wildman–Crippen LogP) is 4.00. The molecule has 0 spiro atoms. The number of carbonyl (C=O) groups excluding carboxylic acids is 1. The van der Waals surface area contributed by atoms with Gasteiger partial charge < -0.3 is 5.32 Å². The van der Waals surface area contributed by atoms with Crippen LogP contribution in [0.25, 0.3) is 0 Å². The molecule has 1 aliphatic rings. The molecule has 0 aliphatic heterocycles. The van der Waals surface area contributed by atoms with Crippen molar-refractivity contribution in [2.45, 2.75) is 27.7 Å². The molecule has 1 fully saturated rings. The van der Waals surface area contributed by atoms with Crippen molar-refractivity contribution < 1.29 is 9.18 Å². The Hall–Kier alpha value is -0.900. The molecule has 1 amide bonds. The molecule has 1 aromatic rings. The molecule has 0 aromatic heterocycles. The van der Waals surface area contributed by atoms with Gasteiger partial charge in [0.05, 0.1) is 10.0 Å². The fraction of sp³-hybridized carbons (Fsp3) is 0.533. The number of carbonyl (C=O) groups is 1. The molecular weight excluding hydrogens is 309 g/mol. The molecule has 0 unspecified atom stereocenters. The second kappa shape index (κ2) is 4.58. The fourth-order valence-corrected chi connectivity index (χ4v) is 3.18. The highest BCUT2D eigenvalue weighted by molar-refractivity contribution is 9.10. The van der Waals surface area contributed by atoms with Crippen LogP contribution in [-0.4, -0.2) is 12.5 Å². The third-order valence-electron chi connectivity index (χ3n) is 4.98. The normalized spacial score (nSPS) is 20.1. The Morgan fingerprint density at radius 1 is 1.32 bits per heavy atom. The zero-order valence-corrected chi connectivity index (χ0v) is 13.3. The Labute approximate surface area is 121 Å². The predicted molar refractivity (Wildman–Crippen MR) is 77.5 cm³/mol. The van der Waals surface area contributed by atoms with Crippen molar-refractivity contribution in [1.29, 1.82) is 0 Å². The Bertz CT molecular complexity index is 511. The summed E-state index contributed by atoms with van der Waals surface area (Å²) in [4.78, 5) is 12.0. The highest BCUT2D eigenvalue weighted by Crippen LogP contribution is 2.67. The summed E-state index contributed by atoms with van der Waals surface area (Å²) in [5.74, 6) is -0.425. The molecule has 19 heavy (non-hydrogen) atoms. The number of halogens is 2. The minimum Gasteiger partial charge on any atom is -0.352 e. The topological polar surface area (TPSA) is 29.1 Å². The smallest absolute Gasteiger partial charge is 0.254 e. The van der Waals surface area contributed by atoms with Crippen molar-refractivity contribution in [2.75, 3.05) is 6.54 Å². The molecule has 0 heterocycles. The summed E-state index contributed by atoms with van der Waals surface area (Å²) < 4.78 is 14.1. The lowest BCUT2D eigenvalue weighted by atomic mass is 10.0. The lowest BCUT2D eigenvalue weighted by molar-refractivity contribution is 0.0945. The van der Waals surface area contributed by atoms with E-state index in [4.69, 9.17) is 0 Å². The lowest BCUT2D eigenvalue weighted by Gasteiger charge is -2.08. The summed E-state index contributed by atoms with van der Waals surface area (Å²) in [7, 11) is 0. The summed E-state index contributed by atoms with van der Waals surface area (Å²) >= 11 is 3.09. The second-order valence-corrected chi connectivity index (χ2v) is 7.16. The first kappa shape index (κ1) is 14.5. The standard InChI is InChI=1S/C15H19BrFNO/c1-14(2)11(15(14,3)4)8-18-13(19)9-6-5-7-10(16)12(9)17/h5-7,11H,8H2,1-4H3,(H,18,19). The minimum atomic E-state index is -0.505. The zero-order chi connectivity index (χ0) is 14.4. The van der Waals surface area contributed by atoms with Gasteiger partial charge >= 0.3 is 0 Å². The molecular formula is C15H19BrFNO. The monoisotopic (exact) mass is 327 g/mol. The Morgan fingerprint density at radius 3 is 2.42 bits per heavy atom. The number of benzene rings is 1. The van der Waals surface area contributed by atoms with Crippen molar-refractivity contribution >= 4 is 21.8 Å². The summed E-state index contributed by atoms with van der Waals surface area (Å²) in [6, 6.07) is 4.74. The van der Waals surface area contributed by atoms with Crippen molar-refractivity contribution in [3.63, 3.8) is 0 Å². The molecule has 2 rings (SSSR count). The first-order chi connectivity index (χ1) is 8.69. The van der Waals surface area contributed by atoms with Gasteiger partial charge in [0.2, 0.25) is 0 Å². The largest absolute Gasteiger partial charge is 0.352 e. The average molecular weight is 328 g/mol. The Balaban J connectivity index is 2.02. The van der Waals surface area contributed by atoms with Gasteiger partial charge in [-0.05, 0) is 44.8 Å². The highest BCUT2D eigenvalue weighted by atomic mass is 79.9. The van der Waals surface area contributed by atoms with Crippen LogP contribution in [0.1, 0.15) is 38.1 Å². The van der Waals surface area contributed by atoms with E-state index < -0.39 is 5.82 Å². The quantitative estimate of drug-likeness (QED) is 0.893. The van der Waals surface area contributed by atoms with E-state index >= 15 is 0 Å². The van der Waals surface area contributed by atoms with Crippen LogP contribution >= 0.6 is 15.9 Å². The first-order valence-corrected chi connectivity index (χ1v) is 7.21. The van der Waals surface area contributed by atoms with E-state index in [9.17, 15) is 9.18 Å². The summed E-state index contributed by atoms with van der Waals surface area (Å²) in [5.41, 5.74) is 0.525. The van der Waals surface area contributed by atoms with Gasteiger partial charge in [-0.1, -0.05) is 33.8 Å². The van der Waals surface area contributed by atoms with Crippen LogP contribution < -0.4 is 5.32 Å². The minimum absolute atomic E-state index is 0.0886. The molecule has 0 saturated heterocycles. The van der Waals surface area contributed by atoms with Gasteiger partial charge in [0.1, 0.15) is 5.82 Å². The summed E-state index contributed by atoms with van der Waals surface area (Å²) in [6.45, 7) is 9.38. The molecule has 0 radical (unpaired) electrons. The number of hydrogen-bond donors (Lipinski definition) is 1. The van der Waals surface area contributed by atoms with Gasteiger partial charge in [-0.2, -0.15) is 0 Å². The molecule has 1 saturated carbocycles. The number of amides is 1. The highest BCUT2D eigenvalue weighted by Gasteiger charge is 2.64. The van der Waals surface area contributed by atoms with Gasteiger partial charge in [-0.3, -0.25) is 4.79 Å². The van der Waals surface area contributed by atoms with Gasteiger partial charge in [0, 0.05) is 6.54 Å². The van der Waals surface area contributed by atoms with Crippen molar-refractivity contribution in [1.82, 2.24) is 5.32 Å². The van der Waals surface area contributed by atoms with E-state index in [1.807, 2.05) is 0 Å². The van der Waals surface area contributed by atoms with Crippen molar-refractivity contribution in [3.05, 3.63) is 34.1 Å². The van der Waals surface area contributed by atoms with Crippen LogP contribution in [0.4, 0.5) is 4.39 Å². The maximum Gasteiger partial charge on any atom is 0.254 e.